The predicted molar refractivity (Wildman–Crippen MR) is 99.8 cm³/mol. The normalized spacial score (nSPS) is 11.0. The predicted octanol–water partition coefficient (Wildman–Crippen LogP) is 5.27. The highest BCUT2D eigenvalue weighted by Gasteiger charge is 2.21. The SMILES string of the molecule is COCc1c(C(=O)OCc2ccc(SC)cc2)sc2cccc(F)c12. The molecule has 0 saturated heterocycles. The van der Waals surface area contributed by atoms with Gasteiger partial charge in [-0.25, -0.2) is 9.18 Å². The van der Waals surface area contributed by atoms with E-state index in [-0.39, 0.29) is 19.0 Å². The molecule has 6 heteroatoms. The second-order valence-corrected chi connectivity index (χ2v) is 7.31. The molecule has 3 aromatic rings. The van der Waals surface area contributed by atoms with Crippen LogP contribution in [0.3, 0.4) is 0 Å². The summed E-state index contributed by atoms with van der Waals surface area (Å²) in [6.45, 7) is 0.338. The first-order valence-corrected chi connectivity index (χ1v) is 9.67. The number of hydrogen-bond donors (Lipinski definition) is 0. The van der Waals surface area contributed by atoms with Gasteiger partial charge in [0.1, 0.15) is 17.3 Å². The molecule has 0 spiro atoms. The molecule has 0 N–H and O–H groups in total. The van der Waals surface area contributed by atoms with Gasteiger partial charge in [-0.1, -0.05) is 18.2 Å². The van der Waals surface area contributed by atoms with Crippen molar-refractivity contribution in [2.45, 2.75) is 18.1 Å². The van der Waals surface area contributed by atoms with Gasteiger partial charge >= 0.3 is 5.97 Å². The topological polar surface area (TPSA) is 35.5 Å². The van der Waals surface area contributed by atoms with Crippen LogP contribution >= 0.6 is 23.1 Å². The van der Waals surface area contributed by atoms with Gasteiger partial charge in [-0.3, -0.25) is 0 Å². The lowest BCUT2D eigenvalue weighted by Crippen LogP contribution is -2.06. The molecule has 0 fully saturated rings. The Labute approximate surface area is 153 Å². The zero-order valence-electron chi connectivity index (χ0n) is 13.9. The summed E-state index contributed by atoms with van der Waals surface area (Å²) in [5, 5.41) is 0.436. The number of fused-ring (bicyclic) bond motifs is 1. The van der Waals surface area contributed by atoms with Gasteiger partial charge in [0.05, 0.1) is 6.61 Å². The van der Waals surface area contributed by atoms with Crippen LogP contribution in [0.15, 0.2) is 47.4 Å². The minimum absolute atomic E-state index is 0.161. The zero-order valence-corrected chi connectivity index (χ0v) is 15.5. The number of benzene rings is 2. The van der Waals surface area contributed by atoms with Crippen LogP contribution in [0.5, 0.6) is 0 Å². The molecular formula is C19H17FO3S2. The van der Waals surface area contributed by atoms with Gasteiger partial charge in [-0.2, -0.15) is 0 Å². The maximum atomic E-state index is 14.2. The lowest BCUT2D eigenvalue weighted by Gasteiger charge is -2.06. The summed E-state index contributed by atoms with van der Waals surface area (Å²) in [6.07, 6.45) is 2.01. The van der Waals surface area contributed by atoms with Gasteiger partial charge in [0.2, 0.25) is 0 Å². The van der Waals surface area contributed by atoms with E-state index in [0.717, 1.165) is 10.5 Å². The van der Waals surface area contributed by atoms with E-state index in [2.05, 4.69) is 0 Å². The number of methoxy groups -OCH3 is 1. The molecule has 2 aromatic carbocycles. The fourth-order valence-corrected chi connectivity index (χ4v) is 4.07. The maximum Gasteiger partial charge on any atom is 0.349 e. The molecule has 0 aliphatic carbocycles. The van der Waals surface area contributed by atoms with Gasteiger partial charge < -0.3 is 9.47 Å². The van der Waals surface area contributed by atoms with Crippen LogP contribution in [0.4, 0.5) is 4.39 Å². The number of thioether (sulfide) groups is 1. The van der Waals surface area contributed by atoms with Gasteiger partial charge in [0.25, 0.3) is 0 Å². The van der Waals surface area contributed by atoms with Crippen molar-refractivity contribution in [1.82, 2.24) is 0 Å². The minimum atomic E-state index is -0.457. The summed E-state index contributed by atoms with van der Waals surface area (Å²) < 4.78 is 25.5. The number of hydrogen-bond acceptors (Lipinski definition) is 5. The summed E-state index contributed by atoms with van der Waals surface area (Å²) >= 11 is 2.88. The molecule has 0 unspecified atom stereocenters. The number of thiophene rings is 1. The first-order valence-electron chi connectivity index (χ1n) is 7.63. The molecule has 1 aromatic heterocycles. The molecule has 3 rings (SSSR count). The average Bonchev–Trinajstić information content (AvgIpc) is 3.00. The minimum Gasteiger partial charge on any atom is -0.457 e. The van der Waals surface area contributed by atoms with E-state index >= 15 is 0 Å². The fraction of sp³-hybridized carbons (Fsp3) is 0.211. The van der Waals surface area contributed by atoms with Crippen molar-refractivity contribution in [3.8, 4) is 0 Å². The highest BCUT2D eigenvalue weighted by Crippen LogP contribution is 2.34. The lowest BCUT2D eigenvalue weighted by molar-refractivity contribution is 0.0474. The molecule has 25 heavy (non-hydrogen) atoms. The van der Waals surface area contributed by atoms with E-state index in [1.54, 1.807) is 23.9 Å². The molecule has 0 aliphatic heterocycles. The average molecular weight is 376 g/mol. The number of carbonyl (C=O) groups excluding carboxylic acids is 1. The highest BCUT2D eigenvalue weighted by atomic mass is 32.2. The van der Waals surface area contributed by atoms with Crippen molar-refractivity contribution in [2.24, 2.45) is 0 Å². The fourth-order valence-electron chi connectivity index (χ4n) is 2.55. The molecule has 0 bridgehead atoms. The Bertz CT molecular complexity index is 888. The molecule has 130 valence electrons. The Balaban J connectivity index is 1.83. The number of esters is 1. The number of carbonyl (C=O) groups is 1. The van der Waals surface area contributed by atoms with Crippen molar-refractivity contribution in [3.05, 3.63) is 64.3 Å². The Morgan fingerprint density at radius 3 is 2.60 bits per heavy atom. The number of ether oxygens (including phenoxy) is 2. The van der Waals surface area contributed by atoms with Crippen molar-refractivity contribution >= 4 is 39.2 Å². The zero-order chi connectivity index (χ0) is 17.8. The van der Waals surface area contributed by atoms with Crippen LogP contribution in [0.25, 0.3) is 10.1 Å². The van der Waals surface area contributed by atoms with Gasteiger partial charge in [-0.15, -0.1) is 23.1 Å². The third-order valence-electron chi connectivity index (χ3n) is 3.77. The van der Waals surface area contributed by atoms with Crippen molar-refractivity contribution in [2.75, 3.05) is 13.4 Å². The third-order valence-corrected chi connectivity index (χ3v) is 5.69. The van der Waals surface area contributed by atoms with E-state index < -0.39 is 5.97 Å². The summed E-state index contributed by atoms with van der Waals surface area (Å²) in [7, 11) is 1.52. The van der Waals surface area contributed by atoms with E-state index in [1.807, 2.05) is 30.5 Å². The van der Waals surface area contributed by atoms with Gasteiger partial charge in [-0.05, 0) is 36.1 Å². The van der Waals surface area contributed by atoms with Crippen LogP contribution in [0.1, 0.15) is 20.8 Å². The quantitative estimate of drug-likeness (QED) is 0.434. The molecule has 0 amide bonds. The number of rotatable bonds is 6. The molecule has 3 nitrogen and oxygen atoms in total. The summed E-state index contributed by atoms with van der Waals surface area (Å²) in [5.41, 5.74) is 1.45. The summed E-state index contributed by atoms with van der Waals surface area (Å²) in [6, 6.07) is 12.6. The van der Waals surface area contributed by atoms with Crippen LogP contribution in [-0.4, -0.2) is 19.3 Å². The Morgan fingerprint density at radius 2 is 1.92 bits per heavy atom. The van der Waals surface area contributed by atoms with E-state index in [4.69, 9.17) is 9.47 Å². The second kappa shape index (κ2) is 7.99. The van der Waals surface area contributed by atoms with Crippen LogP contribution < -0.4 is 0 Å². The maximum absolute atomic E-state index is 14.2. The largest absolute Gasteiger partial charge is 0.457 e. The smallest absolute Gasteiger partial charge is 0.349 e. The third kappa shape index (κ3) is 3.86. The first-order chi connectivity index (χ1) is 12.1. The number of halogens is 1. The highest BCUT2D eigenvalue weighted by molar-refractivity contribution is 7.98. The summed E-state index contributed by atoms with van der Waals surface area (Å²) in [4.78, 5) is 14.1. The van der Waals surface area contributed by atoms with Crippen molar-refractivity contribution in [3.63, 3.8) is 0 Å². The Kier molecular flexibility index (Phi) is 5.73. The summed E-state index contributed by atoms with van der Waals surface area (Å²) in [5.74, 6) is -0.811. The van der Waals surface area contributed by atoms with Crippen molar-refractivity contribution in [1.29, 1.82) is 0 Å². The van der Waals surface area contributed by atoms with Gasteiger partial charge in [0, 0.05) is 27.7 Å². The van der Waals surface area contributed by atoms with Crippen molar-refractivity contribution < 1.29 is 18.7 Å². The Morgan fingerprint density at radius 1 is 1.16 bits per heavy atom. The monoisotopic (exact) mass is 376 g/mol. The molecule has 0 atom stereocenters. The van der Waals surface area contributed by atoms with E-state index in [0.29, 0.717) is 20.5 Å². The standard InChI is InChI=1S/C19H17FO3S2/c1-22-11-14-17-15(20)4-3-5-16(17)25-18(14)19(21)23-10-12-6-8-13(24-2)9-7-12/h3-9H,10-11H2,1-2H3. The molecule has 1 heterocycles. The van der Waals surface area contributed by atoms with Gasteiger partial charge in [0.15, 0.2) is 0 Å². The van der Waals surface area contributed by atoms with Crippen LogP contribution in [0.2, 0.25) is 0 Å². The van der Waals surface area contributed by atoms with E-state index in [9.17, 15) is 9.18 Å². The lowest BCUT2D eigenvalue weighted by atomic mass is 10.1. The first kappa shape index (κ1) is 17.9. The Hall–Kier alpha value is -1.89. The van der Waals surface area contributed by atoms with E-state index in [1.165, 1.54) is 24.5 Å². The van der Waals surface area contributed by atoms with Crippen LogP contribution in [-0.2, 0) is 22.7 Å². The molecule has 0 aliphatic rings. The molecule has 0 saturated carbocycles. The van der Waals surface area contributed by atoms with Crippen LogP contribution in [0, 0.1) is 5.82 Å². The molecular weight excluding hydrogens is 359 g/mol. The second-order valence-electron chi connectivity index (χ2n) is 5.38. The molecule has 0 radical (unpaired) electrons.